The number of benzene rings is 1. The van der Waals surface area contributed by atoms with Crippen LogP contribution in [0.5, 0.6) is 0 Å². The van der Waals surface area contributed by atoms with E-state index in [1.54, 1.807) is 13.1 Å². The molecule has 22 heavy (non-hydrogen) atoms. The zero-order valence-electron chi connectivity index (χ0n) is 13.2. The van der Waals surface area contributed by atoms with Gasteiger partial charge in [-0.05, 0) is 31.0 Å². The van der Waals surface area contributed by atoms with E-state index in [4.69, 9.17) is 0 Å². The Bertz CT molecular complexity index is 545. The van der Waals surface area contributed by atoms with Crippen LogP contribution < -0.4 is 10.6 Å². The molecule has 0 unspecified atom stereocenters. The standard InChI is InChI=1S/C16H24N4O2/c1-3-18-16(20-8-7-14(21)11-20)19-10-12-5-4-6-13(9-12)15(22)17-2/h4-6,9,14,21H,3,7-8,10-11H2,1-2H3,(H,17,22)(H,18,19)/t14-/m1/s1. The van der Waals surface area contributed by atoms with E-state index in [1.165, 1.54) is 0 Å². The summed E-state index contributed by atoms with van der Waals surface area (Å²) in [6.07, 6.45) is 0.497. The number of nitrogens with one attached hydrogen (secondary N) is 2. The molecule has 0 aliphatic carbocycles. The minimum atomic E-state index is -0.277. The molecule has 120 valence electrons. The van der Waals surface area contributed by atoms with E-state index in [2.05, 4.69) is 20.5 Å². The number of guanidine groups is 1. The highest BCUT2D eigenvalue weighted by Gasteiger charge is 2.22. The van der Waals surface area contributed by atoms with Gasteiger partial charge in [-0.25, -0.2) is 4.99 Å². The molecule has 1 fully saturated rings. The maximum atomic E-state index is 11.7. The maximum absolute atomic E-state index is 11.7. The first-order chi connectivity index (χ1) is 10.6. The second-order valence-corrected chi connectivity index (χ2v) is 5.34. The number of aliphatic hydroxyl groups excluding tert-OH is 1. The van der Waals surface area contributed by atoms with Gasteiger partial charge in [0.25, 0.3) is 5.91 Å². The van der Waals surface area contributed by atoms with Gasteiger partial charge in [-0.15, -0.1) is 0 Å². The summed E-state index contributed by atoms with van der Waals surface area (Å²) in [6.45, 7) is 4.73. The monoisotopic (exact) mass is 304 g/mol. The molecule has 6 nitrogen and oxygen atoms in total. The number of hydrogen-bond acceptors (Lipinski definition) is 3. The molecule has 0 spiro atoms. The summed E-state index contributed by atoms with van der Waals surface area (Å²) in [6, 6.07) is 7.46. The number of likely N-dealkylation sites (tertiary alicyclic amines) is 1. The Morgan fingerprint density at radius 2 is 2.32 bits per heavy atom. The van der Waals surface area contributed by atoms with Crippen molar-refractivity contribution in [2.45, 2.75) is 26.0 Å². The number of aliphatic hydroxyl groups is 1. The molecule has 1 aromatic rings. The molecule has 0 aromatic heterocycles. The van der Waals surface area contributed by atoms with Crippen LogP contribution in [0.3, 0.4) is 0 Å². The van der Waals surface area contributed by atoms with E-state index in [-0.39, 0.29) is 12.0 Å². The third-order valence-corrected chi connectivity index (χ3v) is 3.63. The van der Waals surface area contributed by atoms with Crippen molar-refractivity contribution in [1.82, 2.24) is 15.5 Å². The Hall–Kier alpha value is -2.08. The first-order valence-electron chi connectivity index (χ1n) is 7.66. The van der Waals surface area contributed by atoms with Gasteiger partial charge < -0.3 is 20.6 Å². The van der Waals surface area contributed by atoms with Crippen LogP contribution in [0.15, 0.2) is 29.3 Å². The summed E-state index contributed by atoms with van der Waals surface area (Å²) in [5, 5.41) is 15.5. The van der Waals surface area contributed by atoms with Crippen LogP contribution in [0.2, 0.25) is 0 Å². The summed E-state index contributed by atoms with van der Waals surface area (Å²) >= 11 is 0. The molecule has 0 radical (unpaired) electrons. The van der Waals surface area contributed by atoms with Crippen molar-refractivity contribution in [2.24, 2.45) is 4.99 Å². The minimum Gasteiger partial charge on any atom is -0.391 e. The van der Waals surface area contributed by atoms with Crippen LogP contribution in [0.4, 0.5) is 0 Å². The number of rotatable bonds is 4. The largest absolute Gasteiger partial charge is 0.391 e. The summed E-state index contributed by atoms with van der Waals surface area (Å²) in [5.41, 5.74) is 1.62. The highest BCUT2D eigenvalue weighted by Crippen LogP contribution is 2.11. The normalized spacial score (nSPS) is 18.4. The van der Waals surface area contributed by atoms with Gasteiger partial charge in [-0.1, -0.05) is 12.1 Å². The van der Waals surface area contributed by atoms with Gasteiger partial charge in [0, 0.05) is 32.2 Å². The van der Waals surface area contributed by atoms with Crippen LogP contribution in [-0.2, 0) is 6.54 Å². The average Bonchev–Trinajstić information content (AvgIpc) is 2.97. The first-order valence-corrected chi connectivity index (χ1v) is 7.66. The van der Waals surface area contributed by atoms with Gasteiger partial charge in [-0.2, -0.15) is 0 Å². The van der Waals surface area contributed by atoms with Crippen molar-refractivity contribution in [1.29, 1.82) is 0 Å². The Balaban J connectivity index is 2.08. The van der Waals surface area contributed by atoms with Crippen molar-refractivity contribution >= 4 is 11.9 Å². The van der Waals surface area contributed by atoms with Crippen LogP contribution in [-0.4, -0.2) is 54.7 Å². The zero-order valence-corrected chi connectivity index (χ0v) is 13.2. The third kappa shape index (κ3) is 4.21. The Morgan fingerprint density at radius 1 is 1.50 bits per heavy atom. The van der Waals surface area contributed by atoms with Gasteiger partial charge in [0.1, 0.15) is 0 Å². The Kier molecular flexibility index (Phi) is 5.77. The van der Waals surface area contributed by atoms with Crippen molar-refractivity contribution in [3.05, 3.63) is 35.4 Å². The highest BCUT2D eigenvalue weighted by atomic mass is 16.3. The van der Waals surface area contributed by atoms with Crippen molar-refractivity contribution < 1.29 is 9.90 Å². The Labute approximate surface area is 131 Å². The molecule has 1 atom stereocenters. The summed E-state index contributed by atoms with van der Waals surface area (Å²) in [4.78, 5) is 18.3. The van der Waals surface area contributed by atoms with Gasteiger partial charge >= 0.3 is 0 Å². The lowest BCUT2D eigenvalue weighted by Gasteiger charge is -2.21. The predicted molar refractivity (Wildman–Crippen MR) is 86.8 cm³/mol. The summed E-state index contributed by atoms with van der Waals surface area (Å²) < 4.78 is 0. The van der Waals surface area contributed by atoms with E-state index < -0.39 is 0 Å². The average molecular weight is 304 g/mol. The number of amides is 1. The molecular weight excluding hydrogens is 280 g/mol. The fourth-order valence-corrected chi connectivity index (χ4v) is 2.48. The van der Waals surface area contributed by atoms with Gasteiger partial charge in [0.05, 0.1) is 12.6 Å². The van der Waals surface area contributed by atoms with Gasteiger partial charge in [-0.3, -0.25) is 4.79 Å². The topological polar surface area (TPSA) is 77.0 Å². The van der Waals surface area contributed by atoms with Crippen LogP contribution >= 0.6 is 0 Å². The van der Waals surface area contributed by atoms with Crippen LogP contribution in [0.1, 0.15) is 29.3 Å². The summed E-state index contributed by atoms with van der Waals surface area (Å²) in [7, 11) is 1.62. The quantitative estimate of drug-likeness (QED) is 0.562. The second-order valence-electron chi connectivity index (χ2n) is 5.34. The van der Waals surface area contributed by atoms with E-state index >= 15 is 0 Å². The molecule has 1 aliphatic heterocycles. The minimum absolute atomic E-state index is 0.0969. The van der Waals surface area contributed by atoms with Crippen LogP contribution in [0.25, 0.3) is 0 Å². The molecule has 1 saturated heterocycles. The fourth-order valence-electron chi connectivity index (χ4n) is 2.48. The smallest absolute Gasteiger partial charge is 0.251 e. The molecule has 0 bridgehead atoms. The Morgan fingerprint density at radius 3 is 2.95 bits per heavy atom. The second kappa shape index (κ2) is 7.79. The van der Waals surface area contributed by atoms with Crippen molar-refractivity contribution in [2.75, 3.05) is 26.7 Å². The van der Waals surface area contributed by atoms with E-state index in [0.29, 0.717) is 18.7 Å². The molecule has 1 heterocycles. The lowest BCUT2D eigenvalue weighted by molar-refractivity contribution is 0.0963. The van der Waals surface area contributed by atoms with Gasteiger partial charge in [0.2, 0.25) is 0 Å². The first kappa shape index (κ1) is 16.3. The molecule has 1 aliphatic rings. The number of hydrogen-bond donors (Lipinski definition) is 3. The van der Waals surface area contributed by atoms with E-state index in [1.807, 2.05) is 25.1 Å². The fraction of sp³-hybridized carbons (Fsp3) is 0.500. The molecule has 1 aromatic carbocycles. The number of carbonyl (C=O) groups is 1. The zero-order chi connectivity index (χ0) is 15.9. The lowest BCUT2D eigenvalue weighted by Crippen LogP contribution is -2.40. The number of β-amino-alcohol motifs (C(OH)–C–C–N with tert-alkyl or cyclic N) is 1. The molecule has 6 heteroatoms. The number of carbonyl (C=O) groups excluding carboxylic acids is 1. The number of aliphatic imine (C=N–C) groups is 1. The van der Waals surface area contributed by atoms with Crippen molar-refractivity contribution in [3.8, 4) is 0 Å². The van der Waals surface area contributed by atoms with Crippen molar-refractivity contribution in [3.63, 3.8) is 0 Å². The summed E-state index contributed by atoms with van der Waals surface area (Å²) in [5.74, 6) is 0.713. The molecule has 1 amide bonds. The molecule has 3 N–H and O–H groups in total. The van der Waals surface area contributed by atoms with E-state index in [9.17, 15) is 9.90 Å². The SMILES string of the molecule is CCNC(=NCc1cccc(C(=O)NC)c1)N1CC[C@@H](O)C1. The predicted octanol–water partition coefficient (Wildman–Crippen LogP) is 0.578. The maximum Gasteiger partial charge on any atom is 0.251 e. The van der Waals surface area contributed by atoms with Crippen LogP contribution in [0, 0.1) is 0 Å². The molecular formula is C16H24N4O2. The lowest BCUT2D eigenvalue weighted by atomic mass is 10.1. The molecule has 2 rings (SSSR count). The highest BCUT2D eigenvalue weighted by molar-refractivity contribution is 5.94. The molecule has 0 saturated carbocycles. The number of nitrogens with zero attached hydrogens (tertiary/aromatic N) is 2. The van der Waals surface area contributed by atoms with E-state index in [0.717, 1.165) is 31.0 Å². The van der Waals surface area contributed by atoms with Gasteiger partial charge in [0.15, 0.2) is 5.96 Å². The third-order valence-electron chi connectivity index (χ3n) is 3.63.